The first-order chi connectivity index (χ1) is 17.0. The van der Waals surface area contributed by atoms with Crippen LogP contribution in [0.4, 0.5) is 0 Å². The minimum absolute atomic E-state index is 0.349. The Balaban J connectivity index is 1.31. The summed E-state index contributed by atoms with van der Waals surface area (Å²) in [6, 6.07) is 29.8. The highest BCUT2D eigenvalue weighted by molar-refractivity contribution is 5.89. The number of carboxylic acids is 2. The van der Waals surface area contributed by atoms with E-state index in [-0.39, 0.29) is 0 Å². The Hall–Kier alpha value is -4.38. The van der Waals surface area contributed by atoms with E-state index in [1.165, 1.54) is 0 Å². The molecule has 4 aromatic rings. The summed E-state index contributed by atoms with van der Waals surface area (Å²) in [6.07, 6.45) is 2.79. The molecule has 5 heteroatoms. The van der Waals surface area contributed by atoms with Crippen LogP contribution in [0.2, 0.25) is 0 Å². The van der Waals surface area contributed by atoms with Crippen LogP contribution in [0.15, 0.2) is 97.1 Å². The highest BCUT2D eigenvalue weighted by Gasteiger charge is 2.10. The van der Waals surface area contributed by atoms with E-state index in [1.807, 2.05) is 72.8 Å². The van der Waals surface area contributed by atoms with E-state index in [9.17, 15) is 19.8 Å². The van der Waals surface area contributed by atoms with Crippen LogP contribution in [0.5, 0.6) is 11.5 Å². The lowest BCUT2D eigenvalue weighted by molar-refractivity contribution is 0.0684. The zero-order chi connectivity index (χ0) is 24.6. The second kappa shape index (κ2) is 11.2. The molecular formula is C30H26O5. The molecule has 0 heterocycles. The molecule has 4 aromatic carbocycles. The molecule has 0 atom stereocenters. The normalized spacial score (nSPS) is 10.6. The smallest absolute Gasteiger partial charge is 0.335 e. The van der Waals surface area contributed by atoms with Gasteiger partial charge < -0.3 is 14.9 Å². The molecule has 35 heavy (non-hydrogen) atoms. The summed E-state index contributed by atoms with van der Waals surface area (Å²) < 4.78 is 5.96. The first-order valence-corrected chi connectivity index (χ1v) is 11.5. The molecule has 0 saturated heterocycles. The maximum atomic E-state index is 11.4. The fourth-order valence-corrected chi connectivity index (χ4v) is 4.04. The third-order valence-corrected chi connectivity index (χ3v) is 5.94. The van der Waals surface area contributed by atoms with Crippen LogP contribution in [-0.4, -0.2) is 22.2 Å². The monoisotopic (exact) mass is 466 g/mol. The fraction of sp³-hybridized carbons (Fsp3) is 0.133. The van der Waals surface area contributed by atoms with Gasteiger partial charge in [0.1, 0.15) is 11.5 Å². The Kier molecular flexibility index (Phi) is 7.58. The van der Waals surface area contributed by atoms with Gasteiger partial charge in [0.25, 0.3) is 0 Å². The van der Waals surface area contributed by atoms with Crippen molar-refractivity contribution in [2.24, 2.45) is 0 Å². The molecule has 0 aliphatic rings. The van der Waals surface area contributed by atoms with Crippen molar-refractivity contribution < 1.29 is 24.5 Å². The number of carbonyl (C=O) groups is 2. The molecule has 4 rings (SSSR count). The molecule has 0 aliphatic carbocycles. The predicted octanol–water partition coefficient (Wildman–Crippen LogP) is 6.45. The number of aryl methyl sites for hydroxylation is 4. The minimum Gasteiger partial charge on any atom is -0.478 e. The van der Waals surface area contributed by atoms with Crippen molar-refractivity contribution in [3.63, 3.8) is 0 Å². The van der Waals surface area contributed by atoms with E-state index in [0.29, 0.717) is 24.0 Å². The quantitative estimate of drug-likeness (QED) is 0.281. The maximum absolute atomic E-state index is 11.4. The number of ether oxygens (including phenoxy) is 1. The molecule has 0 unspecified atom stereocenters. The summed E-state index contributed by atoms with van der Waals surface area (Å²) in [5.74, 6) is -0.355. The zero-order valence-corrected chi connectivity index (χ0v) is 19.2. The highest BCUT2D eigenvalue weighted by atomic mass is 16.5. The number of hydrogen-bond acceptors (Lipinski definition) is 3. The molecule has 5 nitrogen and oxygen atoms in total. The SMILES string of the molecule is O=C(O)c1ccccc1CCc1ccc(Oc2ccc(CCc3ccccc3C(=O)O)cc2)cc1. The second-order valence-corrected chi connectivity index (χ2v) is 8.31. The Labute approximate surface area is 204 Å². The van der Waals surface area contributed by atoms with Crippen LogP contribution >= 0.6 is 0 Å². The van der Waals surface area contributed by atoms with Crippen LogP contribution in [-0.2, 0) is 25.7 Å². The van der Waals surface area contributed by atoms with Crippen LogP contribution < -0.4 is 4.74 Å². The Morgan fingerprint density at radius 3 is 1.26 bits per heavy atom. The Bertz CT molecular complexity index is 1200. The highest BCUT2D eigenvalue weighted by Crippen LogP contribution is 2.23. The molecule has 0 amide bonds. The number of benzene rings is 4. The predicted molar refractivity (Wildman–Crippen MR) is 135 cm³/mol. The number of carboxylic acid groups (broad SMARTS) is 2. The fourth-order valence-electron chi connectivity index (χ4n) is 4.04. The van der Waals surface area contributed by atoms with Crippen LogP contribution in [0.3, 0.4) is 0 Å². The lowest BCUT2D eigenvalue weighted by atomic mass is 10.00. The molecule has 176 valence electrons. The van der Waals surface area contributed by atoms with Gasteiger partial charge in [-0.05, 0) is 84.3 Å². The van der Waals surface area contributed by atoms with Gasteiger partial charge in [0.05, 0.1) is 11.1 Å². The topological polar surface area (TPSA) is 83.8 Å². The van der Waals surface area contributed by atoms with E-state index >= 15 is 0 Å². The molecule has 0 saturated carbocycles. The average molecular weight is 467 g/mol. The summed E-state index contributed by atoms with van der Waals surface area (Å²) in [5, 5.41) is 18.7. The summed E-state index contributed by atoms with van der Waals surface area (Å²) in [7, 11) is 0. The standard InChI is InChI=1S/C30H26O5/c31-29(32)27-7-3-1-5-23(27)15-9-21-11-17-25(18-12-21)35-26-19-13-22(14-20-26)10-16-24-6-2-4-8-28(24)30(33)34/h1-8,11-14,17-20H,9-10,15-16H2,(H,31,32)(H,33,34). The van der Waals surface area contributed by atoms with Crippen LogP contribution in [0.25, 0.3) is 0 Å². The van der Waals surface area contributed by atoms with Crippen LogP contribution in [0, 0.1) is 0 Å². The van der Waals surface area contributed by atoms with Crippen LogP contribution in [0.1, 0.15) is 43.0 Å². The third kappa shape index (κ3) is 6.36. The van der Waals surface area contributed by atoms with Crippen molar-refractivity contribution in [3.8, 4) is 11.5 Å². The lowest BCUT2D eigenvalue weighted by Gasteiger charge is -2.09. The number of aromatic carboxylic acids is 2. The van der Waals surface area contributed by atoms with Gasteiger partial charge in [-0.25, -0.2) is 9.59 Å². The molecule has 0 bridgehead atoms. The number of hydrogen-bond donors (Lipinski definition) is 2. The van der Waals surface area contributed by atoms with Crippen molar-refractivity contribution in [1.29, 1.82) is 0 Å². The molecule has 0 radical (unpaired) electrons. The van der Waals surface area contributed by atoms with Crippen molar-refractivity contribution in [2.75, 3.05) is 0 Å². The van der Waals surface area contributed by atoms with Crippen molar-refractivity contribution in [2.45, 2.75) is 25.7 Å². The van der Waals surface area contributed by atoms with Gasteiger partial charge in [0, 0.05) is 0 Å². The van der Waals surface area contributed by atoms with Gasteiger partial charge in [-0.2, -0.15) is 0 Å². The summed E-state index contributed by atoms with van der Waals surface area (Å²) in [4.78, 5) is 22.7. The van der Waals surface area contributed by atoms with Gasteiger partial charge >= 0.3 is 11.9 Å². The average Bonchev–Trinajstić information content (AvgIpc) is 2.88. The third-order valence-electron chi connectivity index (χ3n) is 5.94. The van der Waals surface area contributed by atoms with Crippen molar-refractivity contribution in [3.05, 3.63) is 130 Å². The zero-order valence-electron chi connectivity index (χ0n) is 19.2. The maximum Gasteiger partial charge on any atom is 0.335 e. The van der Waals surface area contributed by atoms with E-state index in [4.69, 9.17) is 4.74 Å². The first kappa shape index (κ1) is 23.8. The van der Waals surface area contributed by atoms with E-state index in [1.54, 1.807) is 24.3 Å². The lowest BCUT2D eigenvalue weighted by Crippen LogP contribution is -2.03. The van der Waals surface area contributed by atoms with E-state index < -0.39 is 11.9 Å². The van der Waals surface area contributed by atoms with Gasteiger partial charge in [-0.1, -0.05) is 60.7 Å². The van der Waals surface area contributed by atoms with E-state index in [2.05, 4.69) is 0 Å². The first-order valence-electron chi connectivity index (χ1n) is 11.5. The Morgan fingerprint density at radius 1 is 0.514 bits per heavy atom. The minimum atomic E-state index is -0.902. The van der Waals surface area contributed by atoms with Crippen molar-refractivity contribution >= 4 is 11.9 Å². The molecule has 0 aliphatic heterocycles. The molecule has 0 spiro atoms. The number of rotatable bonds is 10. The van der Waals surface area contributed by atoms with Gasteiger partial charge in [0.15, 0.2) is 0 Å². The summed E-state index contributed by atoms with van der Waals surface area (Å²) >= 11 is 0. The Morgan fingerprint density at radius 2 is 0.886 bits per heavy atom. The summed E-state index contributed by atoms with van der Waals surface area (Å²) in [5.41, 5.74) is 4.56. The second-order valence-electron chi connectivity index (χ2n) is 8.31. The molecule has 2 N–H and O–H groups in total. The van der Waals surface area contributed by atoms with Gasteiger partial charge in [-0.15, -0.1) is 0 Å². The summed E-state index contributed by atoms with van der Waals surface area (Å²) in [6.45, 7) is 0. The molecule has 0 aromatic heterocycles. The van der Waals surface area contributed by atoms with Crippen molar-refractivity contribution in [1.82, 2.24) is 0 Å². The largest absolute Gasteiger partial charge is 0.478 e. The van der Waals surface area contributed by atoms with Gasteiger partial charge in [-0.3, -0.25) is 0 Å². The van der Waals surface area contributed by atoms with E-state index in [0.717, 1.165) is 46.6 Å². The molecule has 0 fully saturated rings. The molecular weight excluding hydrogens is 440 g/mol. The van der Waals surface area contributed by atoms with Gasteiger partial charge in [0.2, 0.25) is 0 Å².